The van der Waals surface area contributed by atoms with Crippen molar-refractivity contribution in [2.75, 3.05) is 20.0 Å². The van der Waals surface area contributed by atoms with Crippen molar-refractivity contribution in [3.05, 3.63) is 77.6 Å². The topological polar surface area (TPSA) is 169 Å². The van der Waals surface area contributed by atoms with Gasteiger partial charge in [-0.05, 0) is 61.2 Å². The quantitative estimate of drug-likeness (QED) is 0.0344. The highest BCUT2D eigenvalue weighted by Crippen LogP contribution is 2.28. The van der Waals surface area contributed by atoms with Gasteiger partial charge in [0.05, 0.1) is 25.2 Å². The standard InChI is InChI=1S/C34H47N4O9P/c1-4-7-9-14-29(30(5-2)38(24-39)45-21-25-12-10-8-11-13-25)33(40)36-22-37-34(41)32-16-15-31(47-32)27-17-26(18-28(19-27)44-6-3)20-35-23-46-48(42)43/h8,10-13,15-19,24,29-30,35,48H,4-7,9,14,20-23H2,1-3H3,(H,36,40)(H,37,41)(H,42,43). The molecule has 48 heavy (non-hydrogen) atoms. The van der Waals surface area contributed by atoms with E-state index in [9.17, 15) is 18.9 Å². The fourth-order valence-electron chi connectivity index (χ4n) is 5.19. The van der Waals surface area contributed by atoms with Crippen LogP contribution in [0.2, 0.25) is 0 Å². The summed E-state index contributed by atoms with van der Waals surface area (Å²) in [5, 5.41) is 9.64. The molecular formula is C34H47N4O9P. The molecule has 1 aromatic heterocycles. The Balaban J connectivity index is 1.63. The van der Waals surface area contributed by atoms with Crippen molar-refractivity contribution in [1.82, 2.24) is 21.0 Å². The first-order chi connectivity index (χ1) is 23.3. The maximum atomic E-state index is 13.4. The molecule has 4 N–H and O–H groups in total. The van der Waals surface area contributed by atoms with Crippen molar-refractivity contribution in [1.29, 1.82) is 0 Å². The van der Waals surface area contributed by atoms with E-state index in [2.05, 4.69) is 27.4 Å². The zero-order valence-corrected chi connectivity index (χ0v) is 28.7. The second kappa shape index (κ2) is 21.1. The van der Waals surface area contributed by atoms with Gasteiger partial charge in [0.25, 0.3) is 5.91 Å². The number of rotatable bonds is 23. The molecule has 14 heteroatoms. The summed E-state index contributed by atoms with van der Waals surface area (Å²) >= 11 is 0. The third kappa shape index (κ3) is 12.6. The van der Waals surface area contributed by atoms with Crippen LogP contribution in [0.1, 0.15) is 74.6 Å². The van der Waals surface area contributed by atoms with Gasteiger partial charge in [0, 0.05) is 12.1 Å². The molecule has 3 unspecified atom stereocenters. The first-order valence-corrected chi connectivity index (χ1v) is 17.5. The van der Waals surface area contributed by atoms with Gasteiger partial charge in [-0.2, -0.15) is 0 Å². The van der Waals surface area contributed by atoms with E-state index in [0.717, 1.165) is 30.4 Å². The number of nitrogens with zero attached hydrogens (tertiary/aromatic N) is 1. The molecule has 3 rings (SSSR count). The van der Waals surface area contributed by atoms with Crippen LogP contribution < -0.4 is 20.7 Å². The zero-order valence-electron chi connectivity index (χ0n) is 27.7. The van der Waals surface area contributed by atoms with Crippen molar-refractivity contribution in [2.24, 2.45) is 5.92 Å². The molecule has 3 amide bonds. The van der Waals surface area contributed by atoms with Gasteiger partial charge in [-0.1, -0.05) is 63.4 Å². The highest BCUT2D eigenvalue weighted by molar-refractivity contribution is 7.32. The highest BCUT2D eigenvalue weighted by atomic mass is 31.1. The fourth-order valence-corrected chi connectivity index (χ4v) is 5.42. The maximum absolute atomic E-state index is 13.4. The van der Waals surface area contributed by atoms with Gasteiger partial charge in [0.2, 0.25) is 12.3 Å². The van der Waals surface area contributed by atoms with Crippen LogP contribution in [0.3, 0.4) is 0 Å². The van der Waals surface area contributed by atoms with Crippen LogP contribution in [-0.4, -0.2) is 54.2 Å². The van der Waals surface area contributed by atoms with E-state index in [1.807, 2.05) is 56.3 Å². The van der Waals surface area contributed by atoms with Crippen LogP contribution in [0.5, 0.6) is 5.75 Å². The van der Waals surface area contributed by atoms with Gasteiger partial charge in [-0.3, -0.25) is 33.6 Å². The Morgan fingerprint density at radius 1 is 1.02 bits per heavy atom. The van der Waals surface area contributed by atoms with Crippen molar-refractivity contribution >= 4 is 26.5 Å². The van der Waals surface area contributed by atoms with Gasteiger partial charge < -0.3 is 24.7 Å². The van der Waals surface area contributed by atoms with Crippen LogP contribution >= 0.6 is 8.25 Å². The number of unbranched alkanes of at least 4 members (excludes halogenated alkanes) is 2. The van der Waals surface area contributed by atoms with Crippen LogP contribution in [0.25, 0.3) is 11.3 Å². The first kappa shape index (κ1) is 38.4. The predicted molar refractivity (Wildman–Crippen MR) is 181 cm³/mol. The molecule has 0 aliphatic carbocycles. The number of hydroxylamine groups is 2. The minimum atomic E-state index is -3.04. The number of ether oxygens (including phenoxy) is 1. The van der Waals surface area contributed by atoms with Crippen LogP contribution in [0.4, 0.5) is 0 Å². The fraction of sp³-hybridized carbons (Fsp3) is 0.441. The number of carbonyl (C=O) groups excluding carboxylic acids is 3. The summed E-state index contributed by atoms with van der Waals surface area (Å²) in [5.41, 5.74) is 2.37. The lowest BCUT2D eigenvalue weighted by molar-refractivity contribution is -0.200. The third-order valence-electron chi connectivity index (χ3n) is 7.52. The van der Waals surface area contributed by atoms with E-state index in [-0.39, 0.29) is 31.7 Å². The van der Waals surface area contributed by atoms with Gasteiger partial charge in [-0.15, -0.1) is 0 Å². The summed E-state index contributed by atoms with van der Waals surface area (Å²) < 4.78 is 27.0. The summed E-state index contributed by atoms with van der Waals surface area (Å²) in [4.78, 5) is 53.2. The van der Waals surface area contributed by atoms with E-state index in [0.29, 0.717) is 49.5 Å². The van der Waals surface area contributed by atoms with Crippen LogP contribution in [-0.2, 0) is 36.7 Å². The predicted octanol–water partition coefficient (Wildman–Crippen LogP) is 5.16. The van der Waals surface area contributed by atoms with E-state index in [1.165, 1.54) is 11.1 Å². The van der Waals surface area contributed by atoms with Crippen molar-refractivity contribution in [2.45, 2.75) is 72.1 Å². The summed E-state index contributed by atoms with van der Waals surface area (Å²) in [5.74, 6) is -0.291. The Morgan fingerprint density at radius 2 is 1.81 bits per heavy atom. The molecule has 13 nitrogen and oxygen atoms in total. The monoisotopic (exact) mass is 686 g/mol. The Morgan fingerprint density at radius 3 is 2.50 bits per heavy atom. The normalized spacial score (nSPS) is 12.9. The number of hydrogen-bond acceptors (Lipinski definition) is 9. The lowest BCUT2D eigenvalue weighted by Crippen LogP contribution is -2.48. The molecule has 0 saturated carbocycles. The van der Waals surface area contributed by atoms with Crippen molar-refractivity contribution in [3.8, 4) is 17.1 Å². The molecule has 0 aliphatic heterocycles. The minimum Gasteiger partial charge on any atom is -0.494 e. The van der Waals surface area contributed by atoms with Crippen LogP contribution in [0, 0.1) is 5.92 Å². The molecule has 0 radical (unpaired) electrons. The highest BCUT2D eigenvalue weighted by Gasteiger charge is 2.32. The SMILES string of the molecule is CCCCCC(C(=O)NCNC(=O)c1ccc(-c2cc(CNCO[PH](=O)O)cc(OCC)c2)o1)C(CC)N(C=O)OCc1ccccc1. The third-order valence-corrected chi connectivity index (χ3v) is 7.91. The second-order valence-electron chi connectivity index (χ2n) is 11.0. The molecule has 2 aromatic carbocycles. The Bertz CT molecular complexity index is 1450. The van der Waals surface area contributed by atoms with E-state index in [4.69, 9.17) is 18.9 Å². The average Bonchev–Trinajstić information content (AvgIpc) is 3.59. The van der Waals surface area contributed by atoms with E-state index < -0.39 is 26.1 Å². The maximum Gasteiger partial charge on any atom is 0.317 e. The average molecular weight is 687 g/mol. The van der Waals surface area contributed by atoms with Gasteiger partial charge in [0.1, 0.15) is 24.8 Å². The first-order valence-electron chi connectivity index (χ1n) is 16.2. The van der Waals surface area contributed by atoms with Crippen molar-refractivity contribution < 1.29 is 42.4 Å². The van der Waals surface area contributed by atoms with Crippen LogP contribution in [0.15, 0.2) is 65.1 Å². The second-order valence-corrected chi connectivity index (χ2v) is 11.8. The molecule has 3 aromatic rings. The number of nitrogens with one attached hydrogen (secondary N) is 3. The number of carbonyl (C=O) groups is 3. The largest absolute Gasteiger partial charge is 0.494 e. The Kier molecular flexibility index (Phi) is 16.9. The zero-order chi connectivity index (χ0) is 34.7. The number of furan rings is 1. The van der Waals surface area contributed by atoms with Gasteiger partial charge in [-0.25, -0.2) is 5.06 Å². The summed E-state index contributed by atoms with van der Waals surface area (Å²) in [6.07, 6.45) is 4.40. The molecule has 0 aliphatic rings. The lowest BCUT2D eigenvalue weighted by Gasteiger charge is -2.32. The molecule has 1 heterocycles. The molecule has 0 saturated heterocycles. The molecule has 3 atom stereocenters. The molecule has 262 valence electrons. The minimum absolute atomic E-state index is 0.0505. The van der Waals surface area contributed by atoms with E-state index >= 15 is 0 Å². The summed E-state index contributed by atoms with van der Waals surface area (Å²) in [6, 6.07) is 17.6. The summed E-state index contributed by atoms with van der Waals surface area (Å²) in [6.45, 7) is 6.57. The Hall–Kier alpha value is -4.00. The summed E-state index contributed by atoms with van der Waals surface area (Å²) in [7, 11) is -3.04. The molecular weight excluding hydrogens is 639 g/mol. The van der Waals surface area contributed by atoms with E-state index in [1.54, 1.807) is 12.1 Å². The smallest absolute Gasteiger partial charge is 0.317 e. The lowest BCUT2D eigenvalue weighted by atomic mass is 9.90. The Labute approximate surface area is 282 Å². The van der Waals surface area contributed by atoms with Crippen molar-refractivity contribution in [3.63, 3.8) is 0 Å². The molecule has 0 spiro atoms. The number of amides is 3. The van der Waals surface area contributed by atoms with Gasteiger partial charge in [0.15, 0.2) is 5.76 Å². The number of benzene rings is 2. The molecule has 0 bridgehead atoms. The molecule has 0 fully saturated rings. The van der Waals surface area contributed by atoms with Gasteiger partial charge >= 0.3 is 8.25 Å². The number of hydrogen-bond donors (Lipinski definition) is 4.